The van der Waals surface area contributed by atoms with E-state index in [0.717, 1.165) is 9.57 Å². The van der Waals surface area contributed by atoms with E-state index >= 15 is 0 Å². The molecule has 7 heteroatoms. The van der Waals surface area contributed by atoms with Gasteiger partial charge < -0.3 is 4.98 Å². The number of aromatic amines is 1. The molecule has 0 aromatic carbocycles. The lowest BCUT2D eigenvalue weighted by atomic mass is 10.4. The summed E-state index contributed by atoms with van der Waals surface area (Å²) in [6, 6.07) is 0. The number of nitrogens with zero attached hydrogens (tertiary/aromatic N) is 2. The molecule has 0 aliphatic carbocycles. The van der Waals surface area contributed by atoms with E-state index in [9.17, 15) is 9.59 Å². The van der Waals surface area contributed by atoms with E-state index in [4.69, 9.17) is 0 Å². The molecule has 1 N–H and O–H groups in total. The maximum Gasteiger partial charge on any atom is 0.328 e. The maximum absolute atomic E-state index is 11.7. The molecule has 5 nitrogen and oxygen atoms in total. The molecule has 0 fully saturated rings. The molecule has 2 aromatic rings. The zero-order chi connectivity index (χ0) is 11.7. The lowest BCUT2D eigenvalue weighted by Crippen LogP contribution is -2.35. The Hall–Kier alpha value is -1.21. The number of thiazole rings is 1. The molecule has 2 aromatic heterocycles. The Morgan fingerprint density at radius 2 is 2.31 bits per heavy atom. The number of aryl methyl sites for hydroxylation is 1. The Morgan fingerprint density at radius 3 is 2.94 bits per heavy atom. The predicted octanol–water partition coefficient (Wildman–Crippen LogP) is 1.11. The van der Waals surface area contributed by atoms with Crippen molar-refractivity contribution < 1.29 is 0 Å². The molecule has 2 heterocycles. The van der Waals surface area contributed by atoms with E-state index in [2.05, 4.69) is 25.9 Å². The molecule has 84 valence electrons. The largest absolute Gasteiger partial charge is 0.328 e. The van der Waals surface area contributed by atoms with Crippen molar-refractivity contribution in [2.45, 2.75) is 13.5 Å². The molecule has 0 radical (unpaired) electrons. The Morgan fingerprint density at radius 1 is 1.56 bits per heavy atom. The Kier molecular flexibility index (Phi) is 3.06. The highest BCUT2D eigenvalue weighted by Gasteiger charge is 2.07. The van der Waals surface area contributed by atoms with Crippen LogP contribution in [0.1, 0.15) is 10.7 Å². The van der Waals surface area contributed by atoms with E-state index < -0.39 is 5.69 Å². The van der Waals surface area contributed by atoms with Crippen LogP contribution in [0, 0.1) is 6.92 Å². The molecular weight excluding hydrogens is 294 g/mol. The molecule has 2 rings (SSSR count). The van der Waals surface area contributed by atoms with Crippen molar-refractivity contribution in [1.29, 1.82) is 0 Å². The summed E-state index contributed by atoms with van der Waals surface area (Å²) in [5, 5.41) is 2.75. The third-order valence-electron chi connectivity index (χ3n) is 2.00. The third-order valence-corrected chi connectivity index (χ3v) is 3.39. The lowest BCUT2D eigenvalue weighted by molar-refractivity contribution is 0.682. The van der Waals surface area contributed by atoms with Gasteiger partial charge in [-0.25, -0.2) is 9.78 Å². The normalized spacial score (nSPS) is 10.6. The van der Waals surface area contributed by atoms with Gasteiger partial charge in [0.05, 0.1) is 21.7 Å². The fourth-order valence-corrected chi connectivity index (χ4v) is 2.20. The first-order valence-electron chi connectivity index (χ1n) is 4.47. The molecule has 0 saturated heterocycles. The van der Waals surface area contributed by atoms with Crippen molar-refractivity contribution in [2.75, 3.05) is 0 Å². The van der Waals surface area contributed by atoms with Gasteiger partial charge in [0.2, 0.25) is 0 Å². The number of H-pyrrole nitrogens is 1. The average molecular weight is 302 g/mol. The van der Waals surface area contributed by atoms with E-state index in [-0.39, 0.29) is 12.1 Å². The number of hydrogen-bond acceptors (Lipinski definition) is 4. The zero-order valence-electron chi connectivity index (χ0n) is 8.36. The van der Waals surface area contributed by atoms with Crippen molar-refractivity contribution in [3.8, 4) is 0 Å². The van der Waals surface area contributed by atoms with Crippen LogP contribution < -0.4 is 11.2 Å². The second-order valence-corrected chi connectivity index (χ2v) is 5.11. The SMILES string of the molecule is Cc1nc(Cn2c(=O)[nH]cc(Br)c2=O)cs1. The third kappa shape index (κ3) is 2.14. The van der Waals surface area contributed by atoms with Gasteiger partial charge in [0.25, 0.3) is 5.56 Å². The van der Waals surface area contributed by atoms with Crippen molar-refractivity contribution in [3.63, 3.8) is 0 Å². The van der Waals surface area contributed by atoms with Gasteiger partial charge in [0.1, 0.15) is 0 Å². The molecular formula is C9H8BrN3O2S. The molecule has 0 atom stereocenters. The van der Waals surface area contributed by atoms with Crippen molar-refractivity contribution in [1.82, 2.24) is 14.5 Å². The first-order chi connectivity index (χ1) is 7.58. The van der Waals surface area contributed by atoms with Gasteiger partial charge in [-0.15, -0.1) is 11.3 Å². The number of hydrogen-bond donors (Lipinski definition) is 1. The van der Waals surface area contributed by atoms with E-state index in [1.54, 1.807) is 0 Å². The molecule has 0 amide bonds. The predicted molar refractivity (Wildman–Crippen MR) is 65.0 cm³/mol. The molecule has 0 saturated carbocycles. The van der Waals surface area contributed by atoms with E-state index in [0.29, 0.717) is 10.2 Å². The number of rotatable bonds is 2. The maximum atomic E-state index is 11.7. The van der Waals surface area contributed by atoms with Crippen molar-refractivity contribution >= 4 is 27.3 Å². The van der Waals surface area contributed by atoms with Gasteiger partial charge in [0, 0.05) is 11.6 Å². The summed E-state index contributed by atoms with van der Waals surface area (Å²) in [5.74, 6) is 0. The Bertz CT molecular complexity index is 628. The number of nitrogens with one attached hydrogen (secondary N) is 1. The van der Waals surface area contributed by atoms with Gasteiger partial charge in [0.15, 0.2) is 0 Å². The molecule has 16 heavy (non-hydrogen) atoms. The first kappa shape index (κ1) is 11.3. The number of aromatic nitrogens is 3. The smallest absolute Gasteiger partial charge is 0.313 e. The van der Waals surface area contributed by atoms with Crippen LogP contribution in [0.5, 0.6) is 0 Å². The summed E-state index contributed by atoms with van der Waals surface area (Å²) in [4.78, 5) is 29.8. The summed E-state index contributed by atoms with van der Waals surface area (Å²) in [6.07, 6.45) is 1.34. The first-order valence-corrected chi connectivity index (χ1v) is 6.14. The van der Waals surface area contributed by atoms with Crippen LogP contribution in [0.3, 0.4) is 0 Å². The van der Waals surface area contributed by atoms with Crippen molar-refractivity contribution in [2.24, 2.45) is 0 Å². The molecule has 0 spiro atoms. The fraction of sp³-hybridized carbons (Fsp3) is 0.222. The summed E-state index contributed by atoms with van der Waals surface area (Å²) in [7, 11) is 0. The van der Waals surface area contributed by atoms with Crippen LogP contribution in [0.4, 0.5) is 0 Å². The second-order valence-electron chi connectivity index (χ2n) is 3.19. The van der Waals surface area contributed by atoms with E-state index in [1.807, 2.05) is 12.3 Å². The summed E-state index contributed by atoms with van der Waals surface area (Å²) >= 11 is 4.57. The van der Waals surface area contributed by atoms with Crippen LogP contribution >= 0.6 is 27.3 Å². The summed E-state index contributed by atoms with van der Waals surface area (Å²) in [6.45, 7) is 2.07. The average Bonchev–Trinajstić information content (AvgIpc) is 2.65. The van der Waals surface area contributed by atoms with Crippen LogP contribution in [0.15, 0.2) is 25.6 Å². The van der Waals surface area contributed by atoms with Gasteiger partial charge in [-0.3, -0.25) is 9.36 Å². The second kappa shape index (κ2) is 4.34. The fourth-order valence-electron chi connectivity index (χ4n) is 1.27. The Labute approximate surface area is 103 Å². The Balaban J connectivity index is 2.46. The quantitative estimate of drug-likeness (QED) is 0.903. The minimum Gasteiger partial charge on any atom is -0.313 e. The topological polar surface area (TPSA) is 67.8 Å². The molecule has 0 bridgehead atoms. The van der Waals surface area contributed by atoms with Crippen LogP contribution in [0.25, 0.3) is 0 Å². The van der Waals surface area contributed by atoms with Crippen LogP contribution in [-0.2, 0) is 6.54 Å². The van der Waals surface area contributed by atoms with Crippen LogP contribution in [0.2, 0.25) is 0 Å². The lowest BCUT2D eigenvalue weighted by Gasteiger charge is -2.01. The number of halogens is 1. The minimum atomic E-state index is -0.432. The van der Waals surface area contributed by atoms with Gasteiger partial charge in [-0.1, -0.05) is 0 Å². The van der Waals surface area contributed by atoms with Gasteiger partial charge in [-0.05, 0) is 22.9 Å². The monoisotopic (exact) mass is 301 g/mol. The summed E-state index contributed by atoms with van der Waals surface area (Å²) < 4.78 is 1.44. The van der Waals surface area contributed by atoms with Crippen LogP contribution in [-0.4, -0.2) is 14.5 Å². The van der Waals surface area contributed by atoms with Crippen molar-refractivity contribution in [3.05, 3.63) is 47.6 Å². The zero-order valence-corrected chi connectivity index (χ0v) is 10.8. The minimum absolute atomic E-state index is 0.192. The standard InChI is InChI=1S/C9H8BrN3O2S/c1-5-12-6(4-16-5)3-13-8(14)7(10)2-11-9(13)15/h2,4H,3H2,1H3,(H,11,15). The summed E-state index contributed by atoms with van der Waals surface area (Å²) in [5.41, 5.74) is -0.0681. The molecule has 0 unspecified atom stereocenters. The highest BCUT2D eigenvalue weighted by atomic mass is 79.9. The van der Waals surface area contributed by atoms with Gasteiger partial charge >= 0.3 is 5.69 Å². The molecule has 0 aliphatic heterocycles. The highest BCUT2D eigenvalue weighted by molar-refractivity contribution is 9.10. The van der Waals surface area contributed by atoms with E-state index in [1.165, 1.54) is 17.5 Å². The highest BCUT2D eigenvalue weighted by Crippen LogP contribution is 2.08. The van der Waals surface area contributed by atoms with Gasteiger partial charge in [-0.2, -0.15) is 0 Å². The molecule has 0 aliphatic rings.